The van der Waals surface area contributed by atoms with Gasteiger partial charge in [-0.15, -0.1) is 0 Å². The number of imide groups is 1. The first kappa shape index (κ1) is 19.0. The Morgan fingerprint density at radius 1 is 1.20 bits per heavy atom. The predicted molar refractivity (Wildman–Crippen MR) is 94.0 cm³/mol. The normalized spacial score (nSPS) is 17.4. The summed E-state index contributed by atoms with van der Waals surface area (Å²) in [7, 11) is 1.33. The van der Waals surface area contributed by atoms with E-state index in [1.54, 1.807) is 24.3 Å². The molecule has 6 nitrogen and oxygen atoms in total. The van der Waals surface area contributed by atoms with Crippen molar-refractivity contribution >= 4 is 17.9 Å². The quantitative estimate of drug-likeness (QED) is 0.579. The van der Waals surface area contributed by atoms with Crippen LogP contribution in [0.3, 0.4) is 0 Å². The molecule has 3 amide bonds. The van der Waals surface area contributed by atoms with Gasteiger partial charge < -0.3 is 10.1 Å². The number of ether oxygens (including phenoxy) is 1. The van der Waals surface area contributed by atoms with Crippen molar-refractivity contribution in [1.29, 1.82) is 0 Å². The third-order valence-electron chi connectivity index (χ3n) is 4.42. The Bertz CT molecular complexity index is 594. The Kier molecular flexibility index (Phi) is 6.98. The number of hydrogen-bond donors (Lipinski definition) is 1. The summed E-state index contributed by atoms with van der Waals surface area (Å²) < 4.78 is 4.65. The van der Waals surface area contributed by atoms with Crippen molar-refractivity contribution in [2.24, 2.45) is 0 Å². The largest absolute Gasteiger partial charge is 0.465 e. The summed E-state index contributed by atoms with van der Waals surface area (Å²) in [6, 6.07) is 6.31. The zero-order valence-corrected chi connectivity index (χ0v) is 14.9. The number of benzene rings is 1. The Morgan fingerprint density at radius 2 is 1.92 bits per heavy atom. The minimum absolute atomic E-state index is 0.0604. The molecule has 0 aliphatic carbocycles. The summed E-state index contributed by atoms with van der Waals surface area (Å²) >= 11 is 0. The molecule has 1 N–H and O–H groups in total. The number of rotatable bonds is 8. The number of nitrogens with one attached hydrogen (secondary N) is 1. The fourth-order valence-corrected chi connectivity index (χ4v) is 2.94. The molecule has 0 saturated carbocycles. The number of carbonyl (C=O) groups is 3. The molecule has 0 aromatic heterocycles. The second kappa shape index (κ2) is 9.20. The number of amides is 3. The summed E-state index contributed by atoms with van der Waals surface area (Å²) in [6.45, 7) is 2.36. The van der Waals surface area contributed by atoms with Crippen LogP contribution < -0.4 is 5.32 Å². The first-order chi connectivity index (χ1) is 12.0. The molecule has 1 aliphatic rings. The minimum Gasteiger partial charge on any atom is -0.465 e. The lowest BCUT2D eigenvalue weighted by Crippen LogP contribution is -2.54. The zero-order valence-electron chi connectivity index (χ0n) is 14.9. The molecule has 1 fully saturated rings. The fourth-order valence-electron chi connectivity index (χ4n) is 2.94. The number of urea groups is 1. The minimum atomic E-state index is -0.413. The second-order valence-electron chi connectivity index (χ2n) is 6.37. The van der Waals surface area contributed by atoms with Crippen molar-refractivity contribution < 1.29 is 19.1 Å². The van der Waals surface area contributed by atoms with Gasteiger partial charge in [0.1, 0.15) is 0 Å². The highest BCUT2D eigenvalue weighted by Gasteiger charge is 2.31. The van der Waals surface area contributed by atoms with Crippen LogP contribution in [-0.4, -0.2) is 36.0 Å². The van der Waals surface area contributed by atoms with Gasteiger partial charge in [0.15, 0.2) is 0 Å². The SMILES string of the molecule is CCCCCC[C@@H]1CC(=O)N(Cc2ccc(C(=O)OC)cc2)C(=O)N1. The Balaban J connectivity index is 1.89. The molecule has 1 aromatic rings. The summed E-state index contributed by atoms with van der Waals surface area (Å²) in [5, 5.41) is 2.92. The average Bonchev–Trinajstić information content (AvgIpc) is 2.61. The molecule has 1 saturated heterocycles. The average molecular weight is 346 g/mol. The number of methoxy groups -OCH3 is 1. The highest BCUT2D eigenvalue weighted by molar-refractivity contribution is 5.97. The first-order valence-electron chi connectivity index (χ1n) is 8.83. The second-order valence-corrected chi connectivity index (χ2v) is 6.37. The number of unbranched alkanes of at least 4 members (excludes halogenated alkanes) is 3. The van der Waals surface area contributed by atoms with E-state index in [2.05, 4.69) is 17.0 Å². The van der Waals surface area contributed by atoms with Crippen molar-refractivity contribution in [2.45, 2.75) is 58.0 Å². The number of nitrogens with zero attached hydrogens (tertiary/aromatic N) is 1. The summed E-state index contributed by atoms with van der Waals surface area (Å²) in [5.74, 6) is -0.564. The lowest BCUT2D eigenvalue weighted by atomic mass is 10.0. The predicted octanol–water partition coefficient (Wildman–Crippen LogP) is 3.25. The van der Waals surface area contributed by atoms with Crippen LogP contribution >= 0.6 is 0 Å². The molecule has 1 aliphatic heterocycles. The number of hydrogen-bond acceptors (Lipinski definition) is 4. The van der Waals surface area contributed by atoms with Gasteiger partial charge in [0, 0.05) is 12.5 Å². The van der Waals surface area contributed by atoms with Crippen molar-refractivity contribution in [2.75, 3.05) is 7.11 Å². The molecule has 1 heterocycles. The monoisotopic (exact) mass is 346 g/mol. The van der Waals surface area contributed by atoms with Crippen LogP contribution in [0.15, 0.2) is 24.3 Å². The maximum absolute atomic E-state index is 12.3. The Morgan fingerprint density at radius 3 is 2.52 bits per heavy atom. The van der Waals surface area contributed by atoms with Gasteiger partial charge in [-0.05, 0) is 24.1 Å². The molecule has 136 valence electrons. The molecule has 0 unspecified atom stereocenters. The molecule has 0 radical (unpaired) electrons. The van der Waals surface area contributed by atoms with Crippen LogP contribution in [0.2, 0.25) is 0 Å². The van der Waals surface area contributed by atoms with Crippen molar-refractivity contribution in [3.8, 4) is 0 Å². The van der Waals surface area contributed by atoms with E-state index in [4.69, 9.17) is 0 Å². The van der Waals surface area contributed by atoms with Crippen molar-refractivity contribution in [3.05, 3.63) is 35.4 Å². The maximum Gasteiger partial charge on any atom is 0.337 e. The summed E-state index contributed by atoms with van der Waals surface area (Å²) in [6.07, 6.45) is 5.70. The van der Waals surface area contributed by atoms with E-state index in [1.165, 1.54) is 24.9 Å². The molecule has 1 aromatic carbocycles. The van der Waals surface area contributed by atoms with Crippen LogP contribution in [0.4, 0.5) is 4.79 Å². The van der Waals surface area contributed by atoms with Gasteiger partial charge in [-0.25, -0.2) is 9.59 Å². The van der Waals surface area contributed by atoms with E-state index < -0.39 is 5.97 Å². The molecule has 0 spiro atoms. The lowest BCUT2D eigenvalue weighted by molar-refractivity contribution is -0.130. The third kappa shape index (κ3) is 5.31. The van der Waals surface area contributed by atoms with E-state index in [9.17, 15) is 14.4 Å². The molecular weight excluding hydrogens is 320 g/mol. The highest BCUT2D eigenvalue weighted by atomic mass is 16.5. The van der Waals surface area contributed by atoms with E-state index in [-0.39, 0.29) is 24.5 Å². The van der Waals surface area contributed by atoms with E-state index in [1.807, 2.05) is 0 Å². The van der Waals surface area contributed by atoms with Gasteiger partial charge >= 0.3 is 12.0 Å². The molecule has 6 heteroatoms. The summed E-state index contributed by atoms with van der Waals surface area (Å²) in [4.78, 5) is 37.2. The fraction of sp³-hybridized carbons (Fsp3) is 0.526. The molecule has 1 atom stereocenters. The first-order valence-corrected chi connectivity index (χ1v) is 8.83. The van der Waals surface area contributed by atoms with Gasteiger partial charge in [-0.1, -0.05) is 44.7 Å². The Hall–Kier alpha value is -2.37. The van der Waals surface area contributed by atoms with Crippen LogP contribution in [0.1, 0.15) is 61.4 Å². The van der Waals surface area contributed by atoms with Crippen LogP contribution in [0.5, 0.6) is 0 Å². The standard InChI is InChI=1S/C19H26N2O4/c1-3-4-5-6-7-16-12-17(22)21(19(24)20-16)13-14-8-10-15(11-9-14)18(23)25-2/h8-11,16H,3-7,12-13H2,1-2H3,(H,20,24)/t16-/m1/s1. The topological polar surface area (TPSA) is 75.7 Å². The van der Waals surface area contributed by atoms with Crippen LogP contribution in [0, 0.1) is 0 Å². The zero-order chi connectivity index (χ0) is 18.2. The molecule has 2 rings (SSSR count). The van der Waals surface area contributed by atoms with E-state index in [0.29, 0.717) is 12.0 Å². The number of carbonyl (C=O) groups excluding carboxylic acids is 3. The van der Waals surface area contributed by atoms with Crippen molar-refractivity contribution in [3.63, 3.8) is 0 Å². The maximum atomic E-state index is 12.3. The third-order valence-corrected chi connectivity index (χ3v) is 4.42. The van der Waals surface area contributed by atoms with E-state index >= 15 is 0 Å². The van der Waals surface area contributed by atoms with Crippen molar-refractivity contribution in [1.82, 2.24) is 10.2 Å². The van der Waals surface area contributed by atoms with Crippen LogP contribution in [0.25, 0.3) is 0 Å². The lowest BCUT2D eigenvalue weighted by Gasteiger charge is -2.31. The van der Waals surface area contributed by atoms with Gasteiger partial charge in [0.25, 0.3) is 0 Å². The highest BCUT2D eigenvalue weighted by Crippen LogP contribution is 2.17. The van der Waals surface area contributed by atoms with Gasteiger partial charge in [0.05, 0.1) is 19.2 Å². The smallest absolute Gasteiger partial charge is 0.337 e. The van der Waals surface area contributed by atoms with Gasteiger partial charge in [-0.2, -0.15) is 0 Å². The van der Waals surface area contributed by atoms with Gasteiger partial charge in [0.2, 0.25) is 5.91 Å². The van der Waals surface area contributed by atoms with E-state index in [0.717, 1.165) is 24.8 Å². The van der Waals surface area contributed by atoms with Crippen LogP contribution in [-0.2, 0) is 16.1 Å². The Labute approximate surface area is 148 Å². The summed E-state index contributed by atoms with van der Waals surface area (Å²) in [5.41, 5.74) is 1.23. The molecule has 25 heavy (non-hydrogen) atoms. The molecular formula is C19H26N2O4. The number of esters is 1. The molecule has 0 bridgehead atoms. The van der Waals surface area contributed by atoms with Gasteiger partial charge in [-0.3, -0.25) is 9.69 Å².